The molecular formula is C15H20BrNO2. The molecule has 1 aromatic rings. The number of ether oxygens (including phenoxy) is 2. The molecule has 0 aromatic heterocycles. The minimum Gasteiger partial charge on any atom is -0.493 e. The molecule has 0 spiro atoms. The van der Waals surface area contributed by atoms with Crippen molar-refractivity contribution in [3.63, 3.8) is 0 Å². The lowest BCUT2D eigenvalue weighted by molar-refractivity contribution is 0.110. The van der Waals surface area contributed by atoms with Crippen molar-refractivity contribution in [1.82, 2.24) is 5.32 Å². The van der Waals surface area contributed by atoms with Crippen molar-refractivity contribution in [2.24, 2.45) is 0 Å². The first kappa shape index (κ1) is 13.4. The average Bonchev–Trinajstić information content (AvgIpc) is 2.69. The zero-order valence-electron chi connectivity index (χ0n) is 11.2. The number of benzene rings is 1. The number of hydrogen-bond donors (Lipinski definition) is 1. The fourth-order valence-corrected chi connectivity index (χ4v) is 3.27. The molecule has 3 nitrogen and oxygen atoms in total. The van der Waals surface area contributed by atoms with Crippen molar-refractivity contribution in [2.75, 3.05) is 13.2 Å². The predicted octanol–water partition coefficient (Wildman–Crippen LogP) is 3.43. The van der Waals surface area contributed by atoms with Gasteiger partial charge < -0.3 is 14.8 Å². The van der Waals surface area contributed by atoms with Gasteiger partial charge >= 0.3 is 0 Å². The second kappa shape index (κ2) is 5.81. The summed E-state index contributed by atoms with van der Waals surface area (Å²) >= 11 is 3.51. The van der Waals surface area contributed by atoms with E-state index in [1.54, 1.807) is 0 Å². The van der Waals surface area contributed by atoms with Gasteiger partial charge in [-0.2, -0.15) is 0 Å². The molecule has 0 radical (unpaired) electrons. The van der Waals surface area contributed by atoms with Crippen molar-refractivity contribution in [2.45, 2.75) is 44.4 Å². The summed E-state index contributed by atoms with van der Waals surface area (Å²) in [7, 11) is 0. The maximum atomic E-state index is 5.85. The van der Waals surface area contributed by atoms with Gasteiger partial charge in [0.25, 0.3) is 0 Å². The number of hydrogen-bond acceptors (Lipinski definition) is 3. The van der Waals surface area contributed by atoms with Crippen LogP contribution in [0.25, 0.3) is 0 Å². The van der Waals surface area contributed by atoms with Crippen LogP contribution in [0.4, 0.5) is 0 Å². The van der Waals surface area contributed by atoms with Gasteiger partial charge in [-0.25, -0.2) is 0 Å². The molecule has 104 valence electrons. The minimum absolute atomic E-state index is 0.308. The smallest absolute Gasteiger partial charge is 0.125 e. The summed E-state index contributed by atoms with van der Waals surface area (Å²) in [6.45, 7) is 3.83. The van der Waals surface area contributed by atoms with Crippen LogP contribution in [0.1, 0.15) is 37.8 Å². The van der Waals surface area contributed by atoms with E-state index in [2.05, 4.69) is 46.4 Å². The number of rotatable bonds is 2. The van der Waals surface area contributed by atoms with E-state index in [0.29, 0.717) is 18.2 Å². The number of halogens is 1. The van der Waals surface area contributed by atoms with E-state index in [1.165, 1.54) is 5.56 Å². The van der Waals surface area contributed by atoms with Crippen LogP contribution in [0.3, 0.4) is 0 Å². The van der Waals surface area contributed by atoms with Gasteiger partial charge in [0.2, 0.25) is 0 Å². The Bertz CT molecular complexity index is 452. The van der Waals surface area contributed by atoms with Crippen LogP contribution in [0, 0.1) is 0 Å². The molecule has 3 unspecified atom stereocenters. The molecular weight excluding hydrogens is 306 g/mol. The van der Waals surface area contributed by atoms with Crippen LogP contribution in [0.2, 0.25) is 0 Å². The standard InChI is InChI=1S/C15H20BrNO2/c1-10-13(6-8-18-10)17-14-3-2-7-19-15-9-11(16)4-5-12(14)15/h4-5,9-10,13-14,17H,2-3,6-8H2,1H3. The molecule has 3 atom stereocenters. The zero-order valence-corrected chi connectivity index (χ0v) is 12.8. The summed E-state index contributed by atoms with van der Waals surface area (Å²) in [6, 6.07) is 7.17. The Morgan fingerprint density at radius 2 is 2.16 bits per heavy atom. The van der Waals surface area contributed by atoms with Gasteiger partial charge in [0.05, 0.1) is 12.7 Å². The molecule has 2 heterocycles. The summed E-state index contributed by atoms with van der Waals surface area (Å²) in [6.07, 6.45) is 3.62. The topological polar surface area (TPSA) is 30.5 Å². The summed E-state index contributed by atoms with van der Waals surface area (Å²) in [5, 5.41) is 3.76. The van der Waals surface area contributed by atoms with Gasteiger partial charge in [0.15, 0.2) is 0 Å². The molecule has 1 saturated heterocycles. The van der Waals surface area contributed by atoms with Gasteiger partial charge in [-0.1, -0.05) is 22.0 Å². The molecule has 0 saturated carbocycles. The van der Waals surface area contributed by atoms with Crippen molar-refractivity contribution in [3.8, 4) is 5.75 Å². The average molecular weight is 326 g/mol. The van der Waals surface area contributed by atoms with E-state index in [4.69, 9.17) is 9.47 Å². The summed E-state index contributed by atoms with van der Waals surface area (Å²) in [5.74, 6) is 1.01. The molecule has 3 rings (SSSR count). The van der Waals surface area contributed by atoms with Gasteiger partial charge in [0, 0.05) is 28.7 Å². The van der Waals surface area contributed by atoms with Crippen molar-refractivity contribution in [1.29, 1.82) is 0 Å². The van der Waals surface area contributed by atoms with E-state index in [0.717, 1.165) is 42.7 Å². The van der Waals surface area contributed by atoms with Crippen LogP contribution in [-0.4, -0.2) is 25.4 Å². The third-order valence-electron chi connectivity index (χ3n) is 4.04. The molecule has 19 heavy (non-hydrogen) atoms. The Morgan fingerprint density at radius 3 is 2.95 bits per heavy atom. The predicted molar refractivity (Wildman–Crippen MR) is 78.6 cm³/mol. The Balaban J connectivity index is 1.81. The number of nitrogens with one attached hydrogen (secondary N) is 1. The highest BCUT2D eigenvalue weighted by molar-refractivity contribution is 9.10. The van der Waals surface area contributed by atoms with Crippen LogP contribution < -0.4 is 10.1 Å². The lowest BCUT2D eigenvalue weighted by Crippen LogP contribution is -2.37. The molecule has 1 fully saturated rings. The second-order valence-corrected chi connectivity index (χ2v) is 6.28. The fraction of sp³-hybridized carbons (Fsp3) is 0.600. The van der Waals surface area contributed by atoms with Crippen LogP contribution in [-0.2, 0) is 4.74 Å². The van der Waals surface area contributed by atoms with Crippen molar-refractivity contribution >= 4 is 15.9 Å². The molecule has 1 aromatic carbocycles. The van der Waals surface area contributed by atoms with Gasteiger partial charge in [-0.3, -0.25) is 0 Å². The Kier molecular flexibility index (Phi) is 4.10. The lowest BCUT2D eigenvalue weighted by Gasteiger charge is -2.24. The quantitative estimate of drug-likeness (QED) is 0.903. The molecule has 4 heteroatoms. The largest absolute Gasteiger partial charge is 0.493 e. The number of fused-ring (bicyclic) bond motifs is 1. The normalized spacial score (nSPS) is 30.5. The molecule has 0 amide bonds. The highest BCUT2D eigenvalue weighted by Gasteiger charge is 2.28. The summed E-state index contributed by atoms with van der Waals surface area (Å²) in [5.41, 5.74) is 1.28. The van der Waals surface area contributed by atoms with E-state index < -0.39 is 0 Å². The molecule has 2 aliphatic rings. The van der Waals surface area contributed by atoms with E-state index in [9.17, 15) is 0 Å². The lowest BCUT2D eigenvalue weighted by atomic mass is 10.00. The van der Waals surface area contributed by atoms with Gasteiger partial charge in [-0.05, 0) is 38.3 Å². The second-order valence-electron chi connectivity index (χ2n) is 5.36. The Morgan fingerprint density at radius 1 is 1.26 bits per heavy atom. The summed E-state index contributed by atoms with van der Waals surface area (Å²) < 4.78 is 12.6. The van der Waals surface area contributed by atoms with E-state index in [-0.39, 0.29) is 0 Å². The van der Waals surface area contributed by atoms with E-state index in [1.807, 2.05) is 0 Å². The van der Waals surface area contributed by atoms with Crippen molar-refractivity contribution < 1.29 is 9.47 Å². The SMILES string of the molecule is CC1OCCC1NC1CCCOc2cc(Br)ccc21. The first-order valence-electron chi connectivity index (χ1n) is 7.04. The van der Waals surface area contributed by atoms with Crippen molar-refractivity contribution in [3.05, 3.63) is 28.2 Å². The Hall–Kier alpha value is -0.580. The maximum Gasteiger partial charge on any atom is 0.125 e. The van der Waals surface area contributed by atoms with E-state index >= 15 is 0 Å². The van der Waals surface area contributed by atoms with Gasteiger partial charge in [-0.15, -0.1) is 0 Å². The third-order valence-corrected chi connectivity index (χ3v) is 4.53. The van der Waals surface area contributed by atoms with Crippen LogP contribution >= 0.6 is 15.9 Å². The third kappa shape index (κ3) is 2.96. The maximum absolute atomic E-state index is 5.85. The fourth-order valence-electron chi connectivity index (χ4n) is 2.93. The molecule has 2 aliphatic heterocycles. The minimum atomic E-state index is 0.308. The molecule has 0 aliphatic carbocycles. The van der Waals surface area contributed by atoms with Gasteiger partial charge in [0.1, 0.15) is 5.75 Å². The van der Waals surface area contributed by atoms with Crippen LogP contribution in [0.5, 0.6) is 5.75 Å². The summed E-state index contributed by atoms with van der Waals surface area (Å²) in [4.78, 5) is 0. The highest BCUT2D eigenvalue weighted by atomic mass is 79.9. The highest BCUT2D eigenvalue weighted by Crippen LogP contribution is 2.34. The molecule has 0 bridgehead atoms. The Labute approximate surface area is 122 Å². The monoisotopic (exact) mass is 325 g/mol. The zero-order chi connectivity index (χ0) is 13.2. The first-order chi connectivity index (χ1) is 9.24. The van der Waals surface area contributed by atoms with Crippen LogP contribution in [0.15, 0.2) is 22.7 Å². The first-order valence-corrected chi connectivity index (χ1v) is 7.83. The molecule has 1 N–H and O–H groups in total.